The fourth-order valence-corrected chi connectivity index (χ4v) is 1.71. The number of methoxy groups -OCH3 is 1. The van der Waals surface area contributed by atoms with E-state index >= 15 is 0 Å². The Morgan fingerprint density at radius 2 is 1.86 bits per heavy atom. The Kier molecular flexibility index (Phi) is 5.27. The Bertz CT molecular complexity index is 585. The third-order valence-electron chi connectivity index (χ3n) is 2.19. The molecule has 8 heteroatoms. The first-order chi connectivity index (χ1) is 9.56. The van der Waals surface area contributed by atoms with Gasteiger partial charge < -0.3 is 9.47 Å². The first kappa shape index (κ1) is 17.4. The fourth-order valence-electron chi connectivity index (χ4n) is 1.39. The van der Waals surface area contributed by atoms with Crippen LogP contribution in [0, 0.1) is 11.6 Å². The molecule has 0 saturated carbocycles. The Morgan fingerprint density at radius 1 is 1.29 bits per heavy atom. The van der Waals surface area contributed by atoms with Crippen molar-refractivity contribution in [1.29, 1.82) is 0 Å². The normalized spacial score (nSPS) is 11.0. The van der Waals surface area contributed by atoms with Crippen molar-refractivity contribution in [2.45, 2.75) is 26.4 Å². The van der Waals surface area contributed by atoms with Crippen LogP contribution < -0.4 is 5.32 Å². The second-order valence-corrected chi connectivity index (χ2v) is 5.82. The molecule has 0 atom stereocenters. The zero-order valence-corrected chi connectivity index (χ0v) is 13.4. The van der Waals surface area contributed by atoms with Crippen LogP contribution in [0.5, 0.6) is 0 Å². The molecule has 0 aliphatic rings. The van der Waals surface area contributed by atoms with Crippen LogP contribution in [0.1, 0.15) is 31.1 Å². The number of ether oxygens (including phenoxy) is 2. The molecule has 5 nitrogen and oxygen atoms in total. The molecule has 0 bridgehead atoms. The summed E-state index contributed by atoms with van der Waals surface area (Å²) in [7, 11) is 1.05. The number of rotatable bonds is 2. The van der Waals surface area contributed by atoms with Gasteiger partial charge in [-0.1, -0.05) is 0 Å². The van der Waals surface area contributed by atoms with Crippen molar-refractivity contribution in [3.05, 3.63) is 27.7 Å². The summed E-state index contributed by atoms with van der Waals surface area (Å²) in [4.78, 5) is 23.2. The van der Waals surface area contributed by atoms with E-state index in [1.165, 1.54) is 0 Å². The molecule has 0 aliphatic carbocycles. The van der Waals surface area contributed by atoms with Crippen LogP contribution in [0.15, 0.2) is 10.5 Å². The van der Waals surface area contributed by atoms with E-state index in [1.807, 2.05) is 0 Å². The van der Waals surface area contributed by atoms with Crippen molar-refractivity contribution >= 4 is 33.7 Å². The molecular formula is C13H14BrF2NO4. The molecule has 116 valence electrons. The minimum atomic E-state index is -1.14. The molecule has 0 radical (unpaired) electrons. The van der Waals surface area contributed by atoms with Gasteiger partial charge in [0, 0.05) is 0 Å². The Morgan fingerprint density at radius 3 is 2.33 bits per heavy atom. The number of carbonyl (C=O) groups is 2. The predicted molar refractivity (Wildman–Crippen MR) is 75.3 cm³/mol. The summed E-state index contributed by atoms with van der Waals surface area (Å²) in [5.74, 6) is -3.13. The van der Waals surface area contributed by atoms with Crippen LogP contribution in [0.3, 0.4) is 0 Å². The zero-order valence-electron chi connectivity index (χ0n) is 11.8. The largest absolute Gasteiger partial charge is 0.465 e. The maximum Gasteiger partial charge on any atom is 0.412 e. The number of amides is 1. The van der Waals surface area contributed by atoms with Gasteiger partial charge in [0.1, 0.15) is 11.4 Å². The number of carbonyl (C=O) groups excluding carboxylic acids is 2. The SMILES string of the molecule is COC(=O)c1cc(F)c(Br)c(F)c1NC(=O)OC(C)(C)C. The highest BCUT2D eigenvalue weighted by atomic mass is 79.9. The Hall–Kier alpha value is -1.70. The molecule has 21 heavy (non-hydrogen) atoms. The number of benzene rings is 1. The van der Waals surface area contributed by atoms with Crippen molar-refractivity contribution in [3.63, 3.8) is 0 Å². The van der Waals surface area contributed by atoms with E-state index in [1.54, 1.807) is 20.8 Å². The summed E-state index contributed by atoms with van der Waals surface area (Å²) in [6.07, 6.45) is -0.981. The molecule has 0 aliphatic heterocycles. The minimum absolute atomic E-state index is 0.457. The molecule has 0 unspecified atom stereocenters. The predicted octanol–water partition coefficient (Wildman–Crippen LogP) is 3.86. The number of anilines is 1. The topological polar surface area (TPSA) is 64.6 Å². The van der Waals surface area contributed by atoms with Gasteiger partial charge in [0.15, 0.2) is 5.82 Å². The molecule has 0 fully saturated rings. The van der Waals surface area contributed by atoms with Crippen molar-refractivity contribution in [2.75, 3.05) is 12.4 Å². The highest BCUT2D eigenvalue weighted by Gasteiger charge is 2.25. The maximum absolute atomic E-state index is 14.0. The first-order valence-electron chi connectivity index (χ1n) is 5.82. The summed E-state index contributed by atoms with van der Waals surface area (Å²) in [6.45, 7) is 4.85. The third-order valence-corrected chi connectivity index (χ3v) is 2.92. The van der Waals surface area contributed by atoms with Crippen LogP contribution in [0.2, 0.25) is 0 Å². The number of esters is 1. The number of halogens is 3. The summed E-state index contributed by atoms with van der Waals surface area (Å²) in [6, 6.07) is 0.756. The van der Waals surface area contributed by atoms with E-state index < -0.39 is 45.0 Å². The van der Waals surface area contributed by atoms with Gasteiger partial charge in [-0.3, -0.25) is 5.32 Å². The van der Waals surface area contributed by atoms with Crippen LogP contribution in [0.4, 0.5) is 19.3 Å². The average Bonchev–Trinajstić information content (AvgIpc) is 2.36. The summed E-state index contributed by atoms with van der Waals surface area (Å²) < 4.78 is 36.4. The summed E-state index contributed by atoms with van der Waals surface area (Å²) in [5, 5.41) is 2.08. The van der Waals surface area contributed by atoms with E-state index in [0.717, 1.165) is 13.2 Å². The molecule has 1 amide bonds. The van der Waals surface area contributed by atoms with Crippen LogP contribution in [-0.2, 0) is 9.47 Å². The van der Waals surface area contributed by atoms with Gasteiger partial charge in [-0.2, -0.15) is 0 Å². The minimum Gasteiger partial charge on any atom is -0.465 e. The number of nitrogens with one attached hydrogen (secondary N) is 1. The fraction of sp³-hybridized carbons (Fsp3) is 0.385. The van der Waals surface area contributed by atoms with Crippen LogP contribution in [-0.4, -0.2) is 24.8 Å². The van der Waals surface area contributed by atoms with Gasteiger partial charge in [-0.25, -0.2) is 18.4 Å². The quantitative estimate of drug-likeness (QED) is 0.638. The van der Waals surface area contributed by atoms with Crippen LogP contribution >= 0.6 is 15.9 Å². The molecule has 0 saturated heterocycles. The van der Waals surface area contributed by atoms with Gasteiger partial charge in [0.25, 0.3) is 0 Å². The third kappa shape index (κ3) is 4.38. The van der Waals surface area contributed by atoms with E-state index in [9.17, 15) is 18.4 Å². The van der Waals surface area contributed by atoms with E-state index in [2.05, 4.69) is 26.0 Å². The molecule has 0 heterocycles. The molecule has 1 N–H and O–H groups in total. The highest BCUT2D eigenvalue weighted by molar-refractivity contribution is 9.10. The lowest BCUT2D eigenvalue weighted by atomic mass is 10.1. The van der Waals surface area contributed by atoms with Gasteiger partial charge in [0.2, 0.25) is 0 Å². The van der Waals surface area contributed by atoms with Gasteiger partial charge in [-0.15, -0.1) is 0 Å². The number of hydrogen-bond acceptors (Lipinski definition) is 4. The van der Waals surface area contributed by atoms with Crippen molar-refractivity contribution < 1.29 is 27.8 Å². The second-order valence-electron chi connectivity index (χ2n) is 5.03. The van der Waals surface area contributed by atoms with Gasteiger partial charge in [-0.05, 0) is 42.8 Å². The molecular weight excluding hydrogens is 352 g/mol. The Balaban J connectivity index is 3.24. The molecule has 1 aromatic rings. The smallest absolute Gasteiger partial charge is 0.412 e. The summed E-state index contributed by atoms with van der Waals surface area (Å²) >= 11 is 2.69. The molecule has 1 rings (SSSR count). The Labute approximate surface area is 128 Å². The van der Waals surface area contributed by atoms with Crippen molar-refractivity contribution in [1.82, 2.24) is 0 Å². The van der Waals surface area contributed by atoms with E-state index in [-0.39, 0.29) is 0 Å². The second kappa shape index (κ2) is 6.38. The highest BCUT2D eigenvalue weighted by Crippen LogP contribution is 2.30. The van der Waals surface area contributed by atoms with E-state index in [4.69, 9.17) is 4.74 Å². The van der Waals surface area contributed by atoms with Crippen LogP contribution in [0.25, 0.3) is 0 Å². The lowest BCUT2D eigenvalue weighted by Crippen LogP contribution is -2.28. The van der Waals surface area contributed by atoms with Gasteiger partial charge in [0.05, 0.1) is 22.8 Å². The lowest BCUT2D eigenvalue weighted by Gasteiger charge is -2.20. The van der Waals surface area contributed by atoms with E-state index in [0.29, 0.717) is 0 Å². The standard InChI is InChI=1S/C13H14BrF2NO4/c1-13(2,3)21-12(19)17-10-6(11(18)20-4)5-7(15)8(14)9(10)16/h5H,1-4H3,(H,17,19). The van der Waals surface area contributed by atoms with Gasteiger partial charge >= 0.3 is 12.1 Å². The van der Waals surface area contributed by atoms with Crippen molar-refractivity contribution in [2.24, 2.45) is 0 Å². The molecule has 0 spiro atoms. The van der Waals surface area contributed by atoms with Crippen molar-refractivity contribution in [3.8, 4) is 0 Å². The average molecular weight is 366 g/mol. The molecule has 1 aromatic carbocycles. The summed E-state index contributed by atoms with van der Waals surface area (Å²) in [5.41, 5.74) is -1.80. The number of hydrogen-bond donors (Lipinski definition) is 1. The maximum atomic E-state index is 14.0. The first-order valence-corrected chi connectivity index (χ1v) is 6.62. The zero-order chi connectivity index (χ0) is 16.4. The molecule has 0 aromatic heterocycles. The monoisotopic (exact) mass is 365 g/mol. The lowest BCUT2D eigenvalue weighted by molar-refractivity contribution is 0.0600.